The van der Waals surface area contributed by atoms with Crippen molar-refractivity contribution in [3.8, 4) is 0 Å². The molecule has 2 N–H and O–H groups in total. The van der Waals surface area contributed by atoms with E-state index < -0.39 is 0 Å². The van der Waals surface area contributed by atoms with E-state index in [1.807, 2.05) is 7.05 Å². The third kappa shape index (κ3) is 5.69. The first-order chi connectivity index (χ1) is 5.91. The van der Waals surface area contributed by atoms with Gasteiger partial charge in [-0.05, 0) is 34.2 Å². The van der Waals surface area contributed by atoms with Crippen LogP contribution in [0.15, 0.2) is 12.3 Å². The zero-order valence-corrected chi connectivity index (χ0v) is 9.70. The molecule has 1 atom stereocenters. The highest BCUT2D eigenvalue weighted by Gasteiger charge is 2.15. The van der Waals surface area contributed by atoms with E-state index in [4.69, 9.17) is 0 Å². The van der Waals surface area contributed by atoms with Crippen LogP contribution in [-0.4, -0.2) is 18.6 Å². The van der Waals surface area contributed by atoms with Gasteiger partial charge >= 0.3 is 0 Å². The molecule has 0 aromatic heterocycles. The summed E-state index contributed by atoms with van der Waals surface area (Å²) < 4.78 is 0. The van der Waals surface area contributed by atoms with Crippen LogP contribution in [0.25, 0.3) is 0 Å². The summed E-state index contributed by atoms with van der Waals surface area (Å²) in [6.07, 6.45) is 2.10. The molecule has 0 amide bonds. The van der Waals surface area contributed by atoms with Gasteiger partial charge in [-0.25, -0.2) is 0 Å². The number of hydrogen-bond donors (Lipinski definition) is 2. The van der Waals surface area contributed by atoms with Crippen molar-refractivity contribution in [3.05, 3.63) is 12.3 Å². The molecule has 0 bridgehead atoms. The molecule has 0 spiro atoms. The summed E-state index contributed by atoms with van der Waals surface area (Å²) in [5, 5.41) is 6.64. The van der Waals surface area contributed by atoms with Gasteiger partial charge in [-0.2, -0.15) is 0 Å². The standard InChI is InChI=1S/C11H24N2/c1-7-11(4,5)13-10(3)8-9(2)12-6/h9,12-13H,3,7-8H2,1-2,4-6H3. The van der Waals surface area contributed by atoms with Gasteiger partial charge in [0.1, 0.15) is 0 Å². The average molecular weight is 184 g/mol. The number of hydrogen-bond acceptors (Lipinski definition) is 2. The van der Waals surface area contributed by atoms with Gasteiger partial charge in [-0.3, -0.25) is 0 Å². The van der Waals surface area contributed by atoms with Crippen LogP contribution in [0.3, 0.4) is 0 Å². The Bertz CT molecular complexity index is 161. The molecule has 13 heavy (non-hydrogen) atoms. The van der Waals surface area contributed by atoms with E-state index >= 15 is 0 Å². The molecule has 0 saturated heterocycles. The Hall–Kier alpha value is -0.500. The van der Waals surface area contributed by atoms with Gasteiger partial charge < -0.3 is 10.6 Å². The van der Waals surface area contributed by atoms with Gasteiger partial charge in [0.05, 0.1) is 0 Å². The van der Waals surface area contributed by atoms with E-state index in [1.54, 1.807) is 0 Å². The van der Waals surface area contributed by atoms with E-state index in [2.05, 4.69) is 44.9 Å². The molecular formula is C11H24N2. The summed E-state index contributed by atoms with van der Waals surface area (Å²) >= 11 is 0. The maximum Gasteiger partial charge on any atom is 0.0311 e. The molecule has 0 radical (unpaired) electrons. The molecule has 2 nitrogen and oxygen atoms in total. The van der Waals surface area contributed by atoms with Crippen LogP contribution >= 0.6 is 0 Å². The quantitative estimate of drug-likeness (QED) is 0.662. The molecule has 0 rings (SSSR count). The molecular weight excluding hydrogens is 160 g/mol. The highest BCUT2D eigenvalue weighted by Crippen LogP contribution is 2.11. The van der Waals surface area contributed by atoms with E-state index in [0.29, 0.717) is 6.04 Å². The molecule has 0 aliphatic heterocycles. The molecule has 0 aliphatic carbocycles. The lowest BCUT2D eigenvalue weighted by Crippen LogP contribution is -2.39. The molecule has 0 saturated carbocycles. The van der Waals surface area contributed by atoms with Gasteiger partial charge in [-0.1, -0.05) is 13.5 Å². The van der Waals surface area contributed by atoms with E-state index in [1.165, 1.54) is 0 Å². The molecule has 0 fully saturated rings. The predicted molar refractivity (Wildman–Crippen MR) is 59.8 cm³/mol. The maximum absolute atomic E-state index is 4.02. The lowest BCUT2D eigenvalue weighted by molar-refractivity contribution is 0.401. The Labute approximate surface area is 82.8 Å². The zero-order valence-electron chi connectivity index (χ0n) is 9.70. The summed E-state index contributed by atoms with van der Waals surface area (Å²) in [5.74, 6) is 0. The van der Waals surface area contributed by atoms with Crippen molar-refractivity contribution in [2.75, 3.05) is 7.05 Å². The second kappa shape index (κ2) is 5.28. The van der Waals surface area contributed by atoms with Crippen LogP contribution in [0.4, 0.5) is 0 Å². The van der Waals surface area contributed by atoms with Crippen LogP contribution in [0, 0.1) is 0 Å². The first-order valence-electron chi connectivity index (χ1n) is 5.04. The van der Waals surface area contributed by atoms with Gasteiger partial charge in [0.2, 0.25) is 0 Å². The normalized spacial score (nSPS) is 13.9. The highest BCUT2D eigenvalue weighted by molar-refractivity contribution is 4.99. The van der Waals surface area contributed by atoms with Crippen molar-refractivity contribution < 1.29 is 0 Å². The van der Waals surface area contributed by atoms with Gasteiger partial charge in [0.25, 0.3) is 0 Å². The molecule has 1 unspecified atom stereocenters. The first kappa shape index (κ1) is 12.5. The van der Waals surface area contributed by atoms with Gasteiger partial charge in [0.15, 0.2) is 0 Å². The van der Waals surface area contributed by atoms with E-state index in [9.17, 15) is 0 Å². The smallest absolute Gasteiger partial charge is 0.0311 e. The Morgan fingerprint density at radius 1 is 1.46 bits per heavy atom. The molecule has 0 aliphatic rings. The SMILES string of the molecule is C=C(CC(C)NC)NC(C)(C)CC. The van der Waals surface area contributed by atoms with Crippen LogP contribution in [-0.2, 0) is 0 Å². The molecule has 78 valence electrons. The van der Waals surface area contributed by atoms with Crippen molar-refractivity contribution in [3.63, 3.8) is 0 Å². The Kier molecular flexibility index (Phi) is 5.07. The monoisotopic (exact) mass is 184 g/mol. The Morgan fingerprint density at radius 2 is 2.00 bits per heavy atom. The molecule has 2 heteroatoms. The lowest BCUT2D eigenvalue weighted by atomic mass is 10.0. The highest BCUT2D eigenvalue weighted by atomic mass is 15.0. The topological polar surface area (TPSA) is 24.1 Å². The molecule has 0 heterocycles. The third-order valence-electron chi connectivity index (χ3n) is 2.44. The average Bonchev–Trinajstić information content (AvgIpc) is 2.03. The second-order valence-corrected chi connectivity index (χ2v) is 4.36. The number of rotatable bonds is 6. The van der Waals surface area contributed by atoms with Crippen LogP contribution in [0.5, 0.6) is 0 Å². The summed E-state index contributed by atoms with van der Waals surface area (Å²) in [5.41, 5.74) is 1.29. The van der Waals surface area contributed by atoms with E-state index in [-0.39, 0.29) is 5.54 Å². The Morgan fingerprint density at radius 3 is 2.38 bits per heavy atom. The van der Waals surface area contributed by atoms with Crippen molar-refractivity contribution in [2.45, 2.75) is 52.1 Å². The lowest BCUT2D eigenvalue weighted by Gasteiger charge is -2.28. The van der Waals surface area contributed by atoms with Crippen LogP contribution < -0.4 is 10.6 Å². The summed E-state index contributed by atoms with van der Waals surface area (Å²) in [6.45, 7) is 12.8. The molecule has 0 aromatic rings. The minimum Gasteiger partial charge on any atom is -0.384 e. The summed E-state index contributed by atoms with van der Waals surface area (Å²) in [6, 6.07) is 0.493. The predicted octanol–water partition coefficient (Wildman–Crippen LogP) is 2.28. The van der Waals surface area contributed by atoms with Crippen molar-refractivity contribution in [2.24, 2.45) is 0 Å². The first-order valence-corrected chi connectivity index (χ1v) is 5.04. The van der Waals surface area contributed by atoms with Gasteiger partial charge in [-0.15, -0.1) is 0 Å². The fraction of sp³-hybridized carbons (Fsp3) is 0.818. The Balaban J connectivity index is 3.87. The van der Waals surface area contributed by atoms with Crippen molar-refractivity contribution in [1.29, 1.82) is 0 Å². The van der Waals surface area contributed by atoms with Crippen LogP contribution in [0.2, 0.25) is 0 Å². The van der Waals surface area contributed by atoms with Crippen molar-refractivity contribution in [1.82, 2.24) is 10.6 Å². The summed E-state index contributed by atoms with van der Waals surface area (Å²) in [4.78, 5) is 0. The van der Waals surface area contributed by atoms with E-state index in [0.717, 1.165) is 18.5 Å². The minimum absolute atomic E-state index is 0.171. The summed E-state index contributed by atoms with van der Waals surface area (Å²) in [7, 11) is 1.98. The van der Waals surface area contributed by atoms with Gasteiger partial charge in [0, 0.05) is 23.7 Å². The minimum atomic E-state index is 0.171. The fourth-order valence-electron chi connectivity index (χ4n) is 1.09. The fourth-order valence-corrected chi connectivity index (χ4v) is 1.09. The number of nitrogens with one attached hydrogen (secondary N) is 2. The van der Waals surface area contributed by atoms with Crippen LogP contribution in [0.1, 0.15) is 40.5 Å². The third-order valence-corrected chi connectivity index (χ3v) is 2.44. The second-order valence-electron chi connectivity index (χ2n) is 4.36. The van der Waals surface area contributed by atoms with Crippen molar-refractivity contribution >= 4 is 0 Å². The largest absolute Gasteiger partial charge is 0.384 e. The maximum atomic E-state index is 4.02. The zero-order chi connectivity index (χ0) is 10.5. The molecule has 0 aromatic carbocycles.